The summed E-state index contributed by atoms with van der Waals surface area (Å²) >= 11 is 0. The van der Waals surface area contributed by atoms with Crippen LogP contribution >= 0.6 is 0 Å². The number of amides is 1. The molecule has 0 fully saturated rings. The fourth-order valence-corrected chi connectivity index (χ4v) is 2.02. The first-order valence-corrected chi connectivity index (χ1v) is 7.36. The summed E-state index contributed by atoms with van der Waals surface area (Å²) in [4.78, 5) is 11.5. The van der Waals surface area contributed by atoms with Crippen molar-refractivity contribution in [2.24, 2.45) is 0 Å². The second-order valence-corrected chi connectivity index (χ2v) is 6.27. The molecule has 1 rings (SSSR count). The molecule has 3 N–H and O–H groups in total. The van der Waals surface area contributed by atoms with Crippen LogP contribution in [-0.2, 0) is 14.6 Å². The summed E-state index contributed by atoms with van der Waals surface area (Å²) in [6, 6.07) is 3.65. The molecule has 1 aromatic rings. The average molecular weight is 274 g/mol. The van der Waals surface area contributed by atoms with E-state index in [0.29, 0.717) is 5.69 Å². The predicted molar refractivity (Wildman–Crippen MR) is 68.4 cm³/mol. The molecule has 1 aromatic carbocycles. The van der Waals surface area contributed by atoms with Gasteiger partial charge in [0.05, 0.1) is 17.1 Å². The Balaban J connectivity index is 2.50. The van der Waals surface area contributed by atoms with Gasteiger partial charge in [-0.3, -0.25) is 4.79 Å². The lowest BCUT2D eigenvalue weighted by atomic mass is 10.2. The van der Waals surface area contributed by atoms with E-state index >= 15 is 0 Å². The molecule has 7 heteroatoms. The van der Waals surface area contributed by atoms with Gasteiger partial charge in [0.1, 0.15) is 15.7 Å². The maximum absolute atomic E-state index is 12.8. The van der Waals surface area contributed by atoms with Crippen molar-refractivity contribution in [1.29, 1.82) is 0 Å². The quantitative estimate of drug-likeness (QED) is 0.789. The standard InChI is InChI=1S/C11H15FN2O3S/c1-18(16,17)6-2-3-11(15)14-10-5-4-8(12)7-9(10)13/h4-5,7H,2-3,6,13H2,1H3,(H,14,15). The second-order valence-electron chi connectivity index (χ2n) is 4.01. The topological polar surface area (TPSA) is 89.3 Å². The average Bonchev–Trinajstić information content (AvgIpc) is 2.20. The Hall–Kier alpha value is -1.63. The number of halogens is 1. The molecule has 0 aliphatic carbocycles. The Bertz CT molecular complexity index is 543. The number of hydrogen-bond donors (Lipinski definition) is 2. The molecular formula is C11H15FN2O3S. The summed E-state index contributed by atoms with van der Waals surface area (Å²) in [5.74, 6) is -0.876. The summed E-state index contributed by atoms with van der Waals surface area (Å²) in [6.45, 7) is 0. The molecule has 0 heterocycles. The van der Waals surface area contributed by atoms with E-state index in [4.69, 9.17) is 5.73 Å². The molecule has 0 saturated heterocycles. The van der Waals surface area contributed by atoms with E-state index in [2.05, 4.69) is 5.32 Å². The first-order chi connectivity index (χ1) is 8.28. The molecule has 1 amide bonds. The maximum Gasteiger partial charge on any atom is 0.224 e. The highest BCUT2D eigenvalue weighted by Crippen LogP contribution is 2.19. The molecule has 0 spiro atoms. The SMILES string of the molecule is CS(=O)(=O)CCCC(=O)Nc1ccc(F)cc1N. The third-order valence-electron chi connectivity index (χ3n) is 2.21. The maximum atomic E-state index is 12.8. The summed E-state index contributed by atoms with van der Waals surface area (Å²) in [5.41, 5.74) is 5.97. The van der Waals surface area contributed by atoms with Crippen LogP contribution in [0.15, 0.2) is 18.2 Å². The molecular weight excluding hydrogens is 259 g/mol. The zero-order valence-electron chi connectivity index (χ0n) is 9.94. The monoisotopic (exact) mass is 274 g/mol. The number of nitrogen functional groups attached to an aromatic ring is 1. The van der Waals surface area contributed by atoms with E-state index in [0.717, 1.165) is 12.3 Å². The van der Waals surface area contributed by atoms with Gasteiger partial charge in [-0.1, -0.05) is 0 Å². The van der Waals surface area contributed by atoms with E-state index < -0.39 is 15.7 Å². The zero-order chi connectivity index (χ0) is 13.8. The highest BCUT2D eigenvalue weighted by Gasteiger charge is 2.08. The summed E-state index contributed by atoms with van der Waals surface area (Å²) < 4.78 is 34.5. The molecule has 0 aliphatic rings. The fraction of sp³-hybridized carbons (Fsp3) is 0.364. The number of nitrogens with two attached hydrogens (primary N) is 1. The van der Waals surface area contributed by atoms with Crippen LogP contribution in [0.5, 0.6) is 0 Å². The molecule has 0 atom stereocenters. The second kappa shape index (κ2) is 5.81. The van der Waals surface area contributed by atoms with Crippen LogP contribution in [0.1, 0.15) is 12.8 Å². The van der Waals surface area contributed by atoms with Crippen molar-refractivity contribution in [1.82, 2.24) is 0 Å². The zero-order valence-corrected chi connectivity index (χ0v) is 10.8. The summed E-state index contributed by atoms with van der Waals surface area (Å²) in [6.07, 6.45) is 1.43. The van der Waals surface area contributed by atoms with Crippen molar-refractivity contribution in [2.75, 3.05) is 23.1 Å². The molecule has 0 aliphatic heterocycles. The Morgan fingerprint density at radius 1 is 1.44 bits per heavy atom. The molecule has 5 nitrogen and oxygen atoms in total. The third-order valence-corrected chi connectivity index (χ3v) is 3.24. The van der Waals surface area contributed by atoms with Crippen LogP contribution in [0.2, 0.25) is 0 Å². The Labute approximate surface area is 105 Å². The highest BCUT2D eigenvalue weighted by molar-refractivity contribution is 7.90. The smallest absolute Gasteiger partial charge is 0.224 e. The number of sulfone groups is 1. The van der Waals surface area contributed by atoms with E-state index in [-0.39, 0.29) is 30.2 Å². The van der Waals surface area contributed by atoms with Gasteiger partial charge in [-0.25, -0.2) is 12.8 Å². The van der Waals surface area contributed by atoms with Gasteiger partial charge in [-0.15, -0.1) is 0 Å². The van der Waals surface area contributed by atoms with Gasteiger partial charge in [0.15, 0.2) is 0 Å². The molecule has 0 bridgehead atoms. The van der Waals surface area contributed by atoms with Crippen LogP contribution in [0.4, 0.5) is 15.8 Å². The van der Waals surface area contributed by atoms with Crippen molar-refractivity contribution in [2.45, 2.75) is 12.8 Å². The van der Waals surface area contributed by atoms with Gasteiger partial charge in [0, 0.05) is 12.7 Å². The van der Waals surface area contributed by atoms with Crippen molar-refractivity contribution < 1.29 is 17.6 Å². The minimum Gasteiger partial charge on any atom is -0.397 e. The van der Waals surface area contributed by atoms with Gasteiger partial charge in [0.2, 0.25) is 5.91 Å². The molecule has 18 heavy (non-hydrogen) atoms. The van der Waals surface area contributed by atoms with Crippen molar-refractivity contribution in [3.63, 3.8) is 0 Å². The van der Waals surface area contributed by atoms with Gasteiger partial charge in [-0.2, -0.15) is 0 Å². The minimum absolute atomic E-state index is 0.0423. The summed E-state index contributed by atoms with van der Waals surface area (Å²) in [7, 11) is -3.06. The van der Waals surface area contributed by atoms with Crippen molar-refractivity contribution in [3.05, 3.63) is 24.0 Å². The van der Waals surface area contributed by atoms with Crippen LogP contribution in [0.3, 0.4) is 0 Å². The number of anilines is 2. The van der Waals surface area contributed by atoms with E-state index in [9.17, 15) is 17.6 Å². The van der Waals surface area contributed by atoms with E-state index in [1.807, 2.05) is 0 Å². The summed E-state index contributed by atoms with van der Waals surface area (Å²) in [5, 5.41) is 2.50. The molecule has 0 radical (unpaired) electrons. The molecule has 100 valence electrons. The van der Waals surface area contributed by atoms with Gasteiger partial charge in [-0.05, 0) is 24.6 Å². The number of carbonyl (C=O) groups is 1. The lowest BCUT2D eigenvalue weighted by Crippen LogP contribution is -2.14. The number of benzene rings is 1. The van der Waals surface area contributed by atoms with Gasteiger partial charge < -0.3 is 11.1 Å². The number of hydrogen-bond acceptors (Lipinski definition) is 4. The van der Waals surface area contributed by atoms with E-state index in [1.54, 1.807) is 0 Å². The number of nitrogens with one attached hydrogen (secondary N) is 1. The fourth-order valence-electron chi connectivity index (χ4n) is 1.36. The van der Waals surface area contributed by atoms with Crippen LogP contribution in [-0.4, -0.2) is 26.3 Å². The van der Waals surface area contributed by atoms with Gasteiger partial charge >= 0.3 is 0 Å². The lowest BCUT2D eigenvalue weighted by molar-refractivity contribution is -0.116. The van der Waals surface area contributed by atoms with Gasteiger partial charge in [0.25, 0.3) is 0 Å². The van der Waals surface area contributed by atoms with E-state index in [1.165, 1.54) is 12.1 Å². The first-order valence-electron chi connectivity index (χ1n) is 5.30. The predicted octanol–water partition coefficient (Wildman–Crippen LogP) is 1.17. The van der Waals surface area contributed by atoms with Crippen molar-refractivity contribution >= 4 is 27.1 Å². The van der Waals surface area contributed by atoms with Crippen LogP contribution in [0.25, 0.3) is 0 Å². The Morgan fingerprint density at radius 2 is 2.11 bits per heavy atom. The number of rotatable bonds is 5. The number of carbonyl (C=O) groups excluding carboxylic acids is 1. The van der Waals surface area contributed by atoms with Crippen molar-refractivity contribution in [3.8, 4) is 0 Å². The first kappa shape index (κ1) is 14.4. The normalized spacial score (nSPS) is 11.2. The lowest BCUT2D eigenvalue weighted by Gasteiger charge is -2.07. The minimum atomic E-state index is -3.06. The van der Waals surface area contributed by atoms with Crippen LogP contribution < -0.4 is 11.1 Å². The third kappa shape index (κ3) is 5.13. The molecule has 0 aromatic heterocycles. The highest BCUT2D eigenvalue weighted by atomic mass is 32.2. The molecule has 0 unspecified atom stereocenters. The Kier molecular flexibility index (Phi) is 4.66. The largest absolute Gasteiger partial charge is 0.397 e. The van der Waals surface area contributed by atoms with Crippen LogP contribution in [0, 0.1) is 5.82 Å². The molecule has 0 saturated carbocycles. The Morgan fingerprint density at radius 3 is 2.67 bits per heavy atom.